The van der Waals surface area contributed by atoms with Gasteiger partial charge < -0.3 is 5.32 Å². The molecule has 2 rings (SSSR count). The van der Waals surface area contributed by atoms with Crippen molar-refractivity contribution in [3.8, 4) is 0 Å². The number of hydrogen-bond donors (Lipinski definition) is 1. The Morgan fingerprint density at radius 3 is 2.53 bits per heavy atom. The minimum Gasteiger partial charge on any atom is -0.311 e. The summed E-state index contributed by atoms with van der Waals surface area (Å²) in [5, 5.41) is 3.69. The lowest BCUT2D eigenvalue weighted by molar-refractivity contribution is 0.0910. The van der Waals surface area contributed by atoms with Crippen LogP contribution in [0.2, 0.25) is 0 Å². The molecule has 2 nitrogen and oxygen atoms in total. The molecule has 0 spiro atoms. The van der Waals surface area contributed by atoms with E-state index in [1.165, 1.54) is 18.4 Å². The number of nitrogens with one attached hydrogen (secondary N) is 1. The van der Waals surface area contributed by atoms with Crippen LogP contribution in [-0.4, -0.2) is 17.1 Å². The fraction of sp³-hybridized carbons (Fsp3) is 0.706. The van der Waals surface area contributed by atoms with Crippen molar-refractivity contribution in [2.24, 2.45) is 11.8 Å². The molecule has 19 heavy (non-hydrogen) atoms. The summed E-state index contributed by atoms with van der Waals surface area (Å²) >= 11 is 0. The Morgan fingerprint density at radius 1 is 1.37 bits per heavy atom. The van der Waals surface area contributed by atoms with Crippen LogP contribution in [0.3, 0.4) is 0 Å². The fourth-order valence-electron chi connectivity index (χ4n) is 3.01. The van der Waals surface area contributed by atoms with E-state index in [1.54, 1.807) is 0 Å². The smallest absolute Gasteiger partial charge is 0.0306 e. The predicted molar refractivity (Wildman–Crippen MR) is 81.2 cm³/mol. The lowest BCUT2D eigenvalue weighted by Gasteiger charge is -2.51. The van der Waals surface area contributed by atoms with Crippen LogP contribution in [0, 0.1) is 11.8 Å². The first-order chi connectivity index (χ1) is 8.82. The lowest BCUT2D eigenvalue weighted by atomic mass is 9.56. The molecular weight excluding hydrogens is 232 g/mol. The third kappa shape index (κ3) is 3.36. The summed E-state index contributed by atoms with van der Waals surface area (Å²) in [7, 11) is 0. The number of rotatable bonds is 4. The van der Waals surface area contributed by atoms with Crippen LogP contribution in [0.4, 0.5) is 0 Å². The van der Waals surface area contributed by atoms with Crippen molar-refractivity contribution in [1.82, 2.24) is 10.3 Å². The predicted octanol–water partition coefficient (Wildman–Crippen LogP) is 3.77. The zero-order valence-corrected chi connectivity index (χ0v) is 13.0. The molecule has 0 atom stereocenters. The van der Waals surface area contributed by atoms with Crippen LogP contribution in [0.15, 0.2) is 24.5 Å². The van der Waals surface area contributed by atoms with Gasteiger partial charge in [-0.2, -0.15) is 0 Å². The highest BCUT2D eigenvalue weighted by Gasteiger charge is 2.46. The molecule has 1 heterocycles. The Labute approximate surface area is 118 Å². The summed E-state index contributed by atoms with van der Waals surface area (Å²) in [6.07, 6.45) is 6.51. The first-order valence-corrected chi connectivity index (χ1v) is 7.48. The molecule has 0 saturated heterocycles. The van der Waals surface area contributed by atoms with E-state index in [2.05, 4.69) is 63.2 Å². The molecule has 0 unspecified atom stereocenters. The molecule has 2 heteroatoms. The molecule has 0 amide bonds. The van der Waals surface area contributed by atoms with Gasteiger partial charge in [0, 0.05) is 29.9 Å². The van der Waals surface area contributed by atoms with Crippen LogP contribution in [-0.2, 0) is 5.41 Å². The summed E-state index contributed by atoms with van der Waals surface area (Å²) in [5.74, 6) is 1.65. The molecule has 1 aliphatic rings. The summed E-state index contributed by atoms with van der Waals surface area (Å²) in [4.78, 5) is 4.32. The Kier molecular flexibility index (Phi) is 4.00. The van der Waals surface area contributed by atoms with Crippen molar-refractivity contribution in [3.63, 3.8) is 0 Å². The van der Waals surface area contributed by atoms with Crippen molar-refractivity contribution in [1.29, 1.82) is 0 Å². The number of aromatic nitrogens is 1. The van der Waals surface area contributed by atoms with Gasteiger partial charge in [-0.25, -0.2) is 0 Å². The van der Waals surface area contributed by atoms with E-state index in [4.69, 9.17) is 0 Å². The second kappa shape index (κ2) is 5.24. The van der Waals surface area contributed by atoms with E-state index >= 15 is 0 Å². The summed E-state index contributed by atoms with van der Waals surface area (Å²) in [6, 6.07) is 4.31. The van der Waals surface area contributed by atoms with Gasteiger partial charge in [-0.3, -0.25) is 4.98 Å². The maximum Gasteiger partial charge on any atom is 0.0306 e. The molecular formula is C17H28N2. The van der Waals surface area contributed by atoms with E-state index in [9.17, 15) is 0 Å². The second-order valence-electron chi connectivity index (χ2n) is 7.54. The first-order valence-electron chi connectivity index (χ1n) is 7.48. The van der Waals surface area contributed by atoms with Crippen LogP contribution < -0.4 is 5.32 Å². The van der Waals surface area contributed by atoms with Crippen molar-refractivity contribution in [2.75, 3.05) is 6.54 Å². The highest BCUT2D eigenvalue weighted by molar-refractivity contribution is 5.27. The van der Waals surface area contributed by atoms with Gasteiger partial charge in [0.05, 0.1) is 0 Å². The SMILES string of the molecule is CC(C)C1CC(CNC(C)(C)C)(c2cccnc2)C1. The van der Waals surface area contributed by atoms with Crippen molar-refractivity contribution in [3.05, 3.63) is 30.1 Å². The highest BCUT2D eigenvalue weighted by Crippen LogP contribution is 2.50. The molecule has 1 aliphatic carbocycles. The summed E-state index contributed by atoms with van der Waals surface area (Å²) < 4.78 is 0. The molecule has 0 bridgehead atoms. The Morgan fingerprint density at radius 2 is 2.05 bits per heavy atom. The lowest BCUT2D eigenvalue weighted by Crippen LogP contribution is -2.53. The Balaban J connectivity index is 2.12. The second-order valence-corrected chi connectivity index (χ2v) is 7.54. The van der Waals surface area contributed by atoms with Gasteiger partial charge in [0.1, 0.15) is 0 Å². The zero-order chi connectivity index (χ0) is 14.1. The molecule has 1 saturated carbocycles. The van der Waals surface area contributed by atoms with Gasteiger partial charge in [0.25, 0.3) is 0 Å². The van der Waals surface area contributed by atoms with Crippen LogP contribution in [0.5, 0.6) is 0 Å². The quantitative estimate of drug-likeness (QED) is 0.891. The zero-order valence-electron chi connectivity index (χ0n) is 13.0. The molecule has 1 fully saturated rings. The topological polar surface area (TPSA) is 24.9 Å². The van der Waals surface area contributed by atoms with E-state index in [1.807, 2.05) is 6.20 Å². The fourth-order valence-corrected chi connectivity index (χ4v) is 3.01. The Hall–Kier alpha value is -0.890. The number of hydrogen-bond acceptors (Lipinski definition) is 2. The first kappa shape index (κ1) is 14.5. The standard InChI is InChI=1S/C17H28N2/c1-13(2)14-9-17(10-14,12-19-16(3,4)5)15-7-6-8-18-11-15/h6-8,11,13-14,19H,9-10,12H2,1-5H3. The van der Waals surface area contributed by atoms with Gasteiger partial charge in [0.15, 0.2) is 0 Å². The van der Waals surface area contributed by atoms with Crippen molar-refractivity contribution < 1.29 is 0 Å². The average molecular weight is 260 g/mol. The minimum absolute atomic E-state index is 0.179. The molecule has 1 aromatic heterocycles. The van der Waals surface area contributed by atoms with Crippen molar-refractivity contribution in [2.45, 2.75) is 58.4 Å². The number of pyridine rings is 1. The third-order valence-electron chi connectivity index (χ3n) is 4.48. The minimum atomic E-state index is 0.179. The highest BCUT2D eigenvalue weighted by atomic mass is 15.0. The Bertz CT molecular complexity index is 397. The molecule has 0 aliphatic heterocycles. The van der Waals surface area contributed by atoms with Crippen LogP contribution in [0.25, 0.3) is 0 Å². The molecule has 1 N–H and O–H groups in total. The molecule has 0 aromatic carbocycles. The van der Waals surface area contributed by atoms with E-state index < -0.39 is 0 Å². The van der Waals surface area contributed by atoms with E-state index in [0.717, 1.165) is 18.4 Å². The van der Waals surface area contributed by atoms with E-state index in [-0.39, 0.29) is 5.54 Å². The maximum absolute atomic E-state index is 4.32. The van der Waals surface area contributed by atoms with Gasteiger partial charge >= 0.3 is 0 Å². The van der Waals surface area contributed by atoms with Crippen LogP contribution >= 0.6 is 0 Å². The summed E-state index contributed by atoms with van der Waals surface area (Å²) in [6.45, 7) is 12.5. The van der Waals surface area contributed by atoms with Gasteiger partial charge in [-0.15, -0.1) is 0 Å². The number of nitrogens with zero attached hydrogens (tertiary/aromatic N) is 1. The summed E-state index contributed by atoms with van der Waals surface area (Å²) in [5.41, 5.74) is 1.89. The molecule has 1 aromatic rings. The third-order valence-corrected chi connectivity index (χ3v) is 4.48. The molecule has 0 radical (unpaired) electrons. The maximum atomic E-state index is 4.32. The monoisotopic (exact) mass is 260 g/mol. The normalized spacial score (nSPS) is 27.4. The van der Waals surface area contributed by atoms with Gasteiger partial charge in [-0.1, -0.05) is 19.9 Å². The van der Waals surface area contributed by atoms with Crippen LogP contribution in [0.1, 0.15) is 53.0 Å². The van der Waals surface area contributed by atoms with Crippen molar-refractivity contribution >= 4 is 0 Å². The largest absolute Gasteiger partial charge is 0.311 e. The average Bonchev–Trinajstić information content (AvgIpc) is 2.27. The van der Waals surface area contributed by atoms with Gasteiger partial charge in [0.2, 0.25) is 0 Å². The van der Waals surface area contributed by atoms with E-state index in [0.29, 0.717) is 5.41 Å². The molecule has 106 valence electrons. The van der Waals surface area contributed by atoms with Gasteiger partial charge in [-0.05, 0) is 57.1 Å².